The zero-order valence-corrected chi connectivity index (χ0v) is 15.0. The van der Waals surface area contributed by atoms with Gasteiger partial charge in [-0.15, -0.1) is 0 Å². The first-order chi connectivity index (χ1) is 12.0. The predicted octanol–water partition coefficient (Wildman–Crippen LogP) is 2.57. The van der Waals surface area contributed by atoms with Crippen LogP contribution in [0.2, 0.25) is 5.02 Å². The molecule has 0 aromatic heterocycles. The highest BCUT2D eigenvalue weighted by Crippen LogP contribution is 2.36. The number of hydrogen-bond acceptors (Lipinski definition) is 4. The first kappa shape index (κ1) is 17.9. The summed E-state index contributed by atoms with van der Waals surface area (Å²) in [5, 5.41) is 8.97. The lowest BCUT2D eigenvalue weighted by Gasteiger charge is -2.17. The Morgan fingerprint density at radius 2 is 1.92 bits per heavy atom. The normalized spacial score (nSPS) is 21.2. The highest BCUT2D eigenvalue weighted by atomic mass is 35.5. The van der Waals surface area contributed by atoms with Crippen molar-refractivity contribution in [1.82, 2.24) is 4.31 Å². The first-order valence-corrected chi connectivity index (χ1v) is 9.74. The van der Waals surface area contributed by atoms with Crippen LogP contribution in [0.5, 0.6) is 0 Å². The van der Waals surface area contributed by atoms with Gasteiger partial charge in [0.25, 0.3) is 0 Å². The summed E-state index contributed by atoms with van der Waals surface area (Å²) in [7, 11) is -3.74. The Morgan fingerprint density at radius 3 is 2.52 bits per heavy atom. The average Bonchev–Trinajstić information content (AvgIpc) is 3.07. The third-order valence-corrected chi connectivity index (χ3v) is 6.93. The highest BCUT2D eigenvalue weighted by molar-refractivity contribution is 7.89. The molecule has 0 aliphatic carbocycles. The van der Waals surface area contributed by atoms with Gasteiger partial charge >= 0.3 is 0 Å². The van der Waals surface area contributed by atoms with Crippen molar-refractivity contribution in [3.63, 3.8) is 0 Å². The van der Waals surface area contributed by atoms with E-state index in [1.54, 1.807) is 0 Å². The molecule has 2 atom stereocenters. The van der Waals surface area contributed by atoms with E-state index in [-0.39, 0.29) is 21.8 Å². The molecule has 1 aliphatic rings. The summed E-state index contributed by atoms with van der Waals surface area (Å²) in [6, 6.07) is 16.0. The summed E-state index contributed by atoms with van der Waals surface area (Å²) >= 11 is 6.11. The molecule has 0 spiro atoms. The van der Waals surface area contributed by atoms with Crippen LogP contribution < -0.4 is 5.73 Å². The van der Waals surface area contributed by atoms with Crippen molar-refractivity contribution in [3.8, 4) is 6.07 Å². The molecule has 1 fully saturated rings. The lowest BCUT2D eigenvalue weighted by molar-refractivity contribution is 0.459. The van der Waals surface area contributed by atoms with Crippen LogP contribution in [0.1, 0.15) is 17.0 Å². The largest absolute Gasteiger partial charge is 0.330 e. The number of halogens is 1. The molecule has 1 aliphatic heterocycles. The fourth-order valence-electron chi connectivity index (χ4n) is 3.26. The topological polar surface area (TPSA) is 87.2 Å². The maximum absolute atomic E-state index is 13.0. The van der Waals surface area contributed by atoms with Gasteiger partial charge in [-0.25, -0.2) is 8.42 Å². The van der Waals surface area contributed by atoms with Crippen molar-refractivity contribution in [2.24, 2.45) is 11.7 Å². The fraction of sp³-hybridized carbons (Fsp3) is 0.278. The number of benzene rings is 2. The standard InChI is InChI=1S/C18H18ClN3O2S/c19-17-8-13(9-20)6-7-18(17)25(23,24)22-11-15(10-21)16(12-22)14-4-2-1-3-5-14/h1-8,15-16H,10-12,21H2/t15-,16+/m1/s1. The van der Waals surface area contributed by atoms with Crippen LogP contribution in [0.25, 0.3) is 0 Å². The lowest BCUT2D eigenvalue weighted by Crippen LogP contribution is -2.30. The van der Waals surface area contributed by atoms with Gasteiger partial charge < -0.3 is 5.73 Å². The van der Waals surface area contributed by atoms with E-state index in [4.69, 9.17) is 22.6 Å². The van der Waals surface area contributed by atoms with Crippen LogP contribution in [-0.2, 0) is 10.0 Å². The Morgan fingerprint density at radius 1 is 1.20 bits per heavy atom. The van der Waals surface area contributed by atoms with Crippen molar-refractivity contribution >= 4 is 21.6 Å². The molecule has 2 N–H and O–H groups in total. The van der Waals surface area contributed by atoms with E-state index in [0.29, 0.717) is 25.2 Å². The van der Waals surface area contributed by atoms with Crippen LogP contribution in [0, 0.1) is 17.2 Å². The number of sulfonamides is 1. The van der Waals surface area contributed by atoms with Crippen molar-refractivity contribution in [2.75, 3.05) is 19.6 Å². The zero-order valence-electron chi connectivity index (χ0n) is 13.5. The van der Waals surface area contributed by atoms with Crippen LogP contribution in [0.3, 0.4) is 0 Å². The second-order valence-corrected chi connectivity index (χ2v) is 8.41. The van der Waals surface area contributed by atoms with Crippen molar-refractivity contribution in [1.29, 1.82) is 5.26 Å². The molecule has 5 nitrogen and oxygen atoms in total. The summed E-state index contributed by atoms with van der Waals surface area (Å²) in [4.78, 5) is 0.0256. The van der Waals surface area contributed by atoms with Gasteiger partial charge in [-0.3, -0.25) is 0 Å². The van der Waals surface area contributed by atoms with Gasteiger partial charge in [0.1, 0.15) is 4.90 Å². The maximum Gasteiger partial charge on any atom is 0.244 e. The van der Waals surface area contributed by atoms with E-state index in [1.165, 1.54) is 22.5 Å². The quantitative estimate of drug-likeness (QED) is 0.889. The molecular formula is C18H18ClN3O2S. The molecule has 7 heteroatoms. The number of nitrogens with zero attached hydrogens (tertiary/aromatic N) is 2. The number of nitriles is 1. The van der Waals surface area contributed by atoms with Crippen molar-refractivity contribution < 1.29 is 8.42 Å². The van der Waals surface area contributed by atoms with Gasteiger partial charge in [-0.1, -0.05) is 41.9 Å². The highest BCUT2D eigenvalue weighted by Gasteiger charge is 2.39. The molecule has 0 saturated carbocycles. The lowest BCUT2D eigenvalue weighted by atomic mass is 9.89. The third-order valence-electron chi connectivity index (χ3n) is 4.62. The van der Waals surface area contributed by atoms with E-state index < -0.39 is 10.0 Å². The van der Waals surface area contributed by atoms with E-state index in [2.05, 4.69) is 0 Å². The monoisotopic (exact) mass is 375 g/mol. The average molecular weight is 376 g/mol. The number of rotatable bonds is 4. The predicted molar refractivity (Wildman–Crippen MR) is 96.7 cm³/mol. The Bertz CT molecular complexity index is 910. The van der Waals surface area contributed by atoms with Gasteiger partial charge in [0.2, 0.25) is 10.0 Å². The fourth-order valence-corrected chi connectivity index (χ4v) is 5.30. The van der Waals surface area contributed by atoms with Crippen LogP contribution in [0.15, 0.2) is 53.4 Å². The minimum Gasteiger partial charge on any atom is -0.330 e. The maximum atomic E-state index is 13.0. The summed E-state index contributed by atoms with van der Waals surface area (Å²) in [5.41, 5.74) is 7.30. The Balaban J connectivity index is 1.93. The van der Waals surface area contributed by atoms with E-state index >= 15 is 0 Å². The minimum atomic E-state index is -3.74. The molecule has 2 aromatic carbocycles. The Labute approximate surface area is 152 Å². The zero-order chi connectivity index (χ0) is 18.0. The van der Waals surface area contributed by atoms with Gasteiger partial charge in [0, 0.05) is 19.0 Å². The first-order valence-electron chi connectivity index (χ1n) is 7.92. The molecule has 0 bridgehead atoms. The van der Waals surface area contributed by atoms with Crippen LogP contribution in [0.4, 0.5) is 0 Å². The van der Waals surface area contributed by atoms with Crippen LogP contribution in [-0.4, -0.2) is 32.4 Å². The minimum absolute atomic E-state index is 0.0256. The van der Waals surface area contributed by atoms with Crippen molar-refractivity contribution in [2.45, 2.75) is 10.8 Å². The molecule has 1 heterocycles. The van der Waals surface area contributed by atoms with E-state index in [9.17, 15) is 8.42 Å². The Kier molecular flexibility index (Phi) is 5.11. The smallest absolute Gasteiger partial charge is 0.244 e. The summed E-state index contributed by atoms with van der Waals surface area (Å²) in [6.45, 7) is 1.13. The Hall–Kier alpha value is -1.91. The van der Waals surface area contributed by atoms with E-state index in [1.807, 2.05) is 36.4 Å². The summed E-state index contributed by atoms with van der Waals surface area (Å²) in [6.07, 6.45) is 0. The number of nitrogens with two attached hydrogens (primary N) is 1. The molecule has 0 amide bonds. The van der Waals surface area contributed by atoms with Gasteiger partial charge in [0.15, 0.2) is 0 Å². The molecule has 25 heavy (non-hydrogen) atoms. The molecule has 1 saturated heterocycles. The SMILES string of the molecule is N#Cc1ccc(S(=O)(=O)N2C[C@@H](CN)[C@H](c3ccccc3)C2)c(Cl)c1. The summed E-state index contributed by atoms with van der Waals surface area (Å²) in [5.74, 6) is 0.104. The van der Waals surface area contributed by atoms with Crippen molar-refractivity contribution in [3.05, 3.63) is 64.7 Å². The van der Waals surface area contributed by atoms with Crippen LogP contribution >= 0.6 is 11.6 Å². The summed E-state index contributed by atoms with van der Waals surface area (Å²) < 4.78 is 27.5. The van der Waals surface area contributed by atoms with Gasteiger partial charge in [-0.2, -0.15) is 9.57 Å². The molecular weight excluding hydrogens is 358 g/mol. The second kappa shape index (κ2) is 7.14. The van der Waals surface area contributed by atoms with E-state index in [0.717, 1.165) is 5.56 Å². The molecule has 0 radical (unpaired) electrons. The third kappa shape index (κ3) is 3.42. The molecule has 130 valence electrons. The molecule has 2 aromatic rings. The second-order valence-electron chi connectivity index (χ2n) is 6.09. The molecule has 3 rings (SSSR count). The number of hydrogen-bond donors (Lipinski definition) is 1. The molecule has 0 unspecified atom stereocenters. The van der Waals surface area contributed by atoms with Gasteiger partial charge in [-0.05, 0) is 36.2 Å². The van der Waals surface area contributed by atoms with Gasteiger partial charge in [0.05, 0.1) is 16.7 Å².